The van der Waals surface area contributed by atoms with Gasteiger partial charge in [0.05, 0.1) is 14.7 Å². The maximum Gasteiger partial charge on any atom is 0.269 e. The highest BCUT2D eigenvalue weighted by molar-refractivity contribution is 7.91. The normalized spacial score (nSPS) is 11.3. The zero-order valence-electron chi connectivity index (χ0n) is 15.1. The van der Waals surface area contributed by atoms with Crippen LogP contribution in [-0.2, 0) is 9.84 Å². The molecule has 6 nitrogen and oxygen atoms in total. The molecule has 0 saturated heterocycles. The van der Waals surface area contributed by atoms with Crippen molar-refractivity contribution in [2.45, 2.75) is 49.3 Å². The van der Waals surface area contributed by atoms with Crippen LogP contribution in [0.5, 0.6) is 0 Å². The maximum atomic E-state index is 12.8. The molecule has 0 spiro atoms. The van der Waals surface area contributed by atoms with Crippen molar-refractivity contribution in [3.63, 3.8) is 0 Å². The Kier molecular flexibility index (Phi) is 6.74. The fraction of sp³-hybridized carbons (Fsp3) is 0.368. The molecule has 0 saturated carbocycles. The molecule has 2 aromatic rings. The second kappa shape index (κ2) is 8.80. The summed E-state index contributed by atoms with van der Waals surface area (Å²) < 4.78 is 25.6. The molecule has 7 heteroatoms. The zero-order valence-corrected chi connectivity index (χ0v) is 15.9. The van der Waals surface area contributed by atoms with Crippen molar-refractivity contribution in [2.24, 2.45) is 0 Å². The van der Waals surface area contributed by atoms with Crippen LogP contribution < -0.4 is 5.32 Å². The highest BCUT2D eigenvalue weighted by Crippen LogP contribution is 2.27. The zero-order chi connectivity index (χ0) is 19.2. The molecule has 2 aromatic carbocycles. The van der Waals surface area contributed by atoms with Crippen molar-refractivity contribution in [1.29, 1.82) is 0 Å². The smallest absolute Gasteiger partial charge is 0.269 e. The van der Waals surface area contributed by atoms with Crippen molar-refractivity contribution >= 4 is 21.2 Å². The van der Waals surface area contributed by atoms with Crippen LogP contribution in [0, 0.1) is 17.0 Å². The van der Waals surface area contributed by atoms with Gasteiger partial charge in [0.25, 0.3) is 5.69 Å². The Morgan fingerprint density at radius 2 is 1.73 bits per heavy atom. The third-order valence-corrected chi connectivity index (χ3v) is 6.11. The van der Waals surface area contributed by atoms with Crippen LogP contribution in [0.1, 0.15) is 38.2 Å². The predicted octanol–water partition coefficient (Wildman–Crippen LogP) is 4.73. The summed E-state index contributed by atoms with van der Waals surface area (Å²) in [5, 5.41) is 14.0. The highest BCUT2D eigenvalue weighted by Gasteiger charge is 2.21. The van der Waals surface area contributed by atoms with Gasteiger partial charge in [-0.2, -0.15) is 0 Å². The largest absolute Gasteiger partial charge is 0.385 e. The van der Waals surface area contributed by atoms with Gasteiger partial charge in [0.15, 0.2) is 0 Å². The van der Waals surface area contributed by atoms with Crippen molar-refractivity contribution in [3.05, 3.63) is 58.1 Å². The number of hydrogen-bond donors (Lipinski definition) is 1. The van der Waals surface area contributed by atoms with Gasteiger partial charge in [-0.05, 0) is 49.2 Å². The van der Waals surface area contributed by atoms with Crippen LogP contribution in [0.3, 0.4) is 0 Å². The van der Waals surface area contributed by atoms with Gasteiger partial charge >= 0.3 is 0 Å². The summed E-state index contributed by atoms with van der Waals surface area (Å²) in [5.74, 6) is 0. The topological polar surface area (TPSA) is 89.3 Å². The summed E-state index contributed by atoms with van der Waals surface area (Å²) in [4.78, 5) is 10.4. The Bertz CT molecular complexity index is 862. The summed E-state index contributed by atoms with van der Waals surface area (Å²) >= 11 is 0. The minimum absolute atomic E-state index is 0.0477. The third kappa shape index (κ3) is 4.82. The van der Waals surface area contributed by atoms with E-state index in [1.165, 1.54) is 43.5 Å². The molecule has 0 unspecified atom stereocenters. The number of nitro benzene ring substituents is 1. The number of hydrogen-bond acceptors (Lipinski definition) is 5. The fourth-order valence-electron chi connectivity index (χ4n) is 2.72. The van der Waals surface area contributed by atoms with Gasteiger partial charge in [0.2, 0.25) is 9.84 Å². The number of nitrogens with zero attached hydrogens (tertiary/aromatic N) is 1. The second-order valence-corrected chi connectivity index (χ2v) is 8.14. The average molecular weight is 376 g/mol. The molecule has 0 aliphatic heterocycles. The summed E-state index contributed by atoms with van der Waals surface area (Å²) in [6.07, 6.45) is 4.66. The molecule has 0 aliphatic carbocycles. The first-order valence-corrected chi connectivity index (χ1v) is 10.2. The third-order valence-electron chi connectivity index (χ3n) is 4.18. The van der Waals surface area contributed by atoms with Crippen LogP contribution in [-0.4, -0.2) is 19.9 Å². The van der Waals surface area contributed by atoms with E-state index in [-0.39, 0.29) is 15.5 Å². The first-order chi connectivity index (χ1) is 12.4. The summed E-state index contributed by atoms with van der Waals surface area (Å²) in [6, 6.07) is 10.1. The summed E-state index contributed by atoms with van der Waals surface area (Å²) in [5.41, 5.74) is 1.40. The maximum absolute atomic E-state index is 12.8. The molecule has 0 fully saturated rings. The molecule has 0 heterocycles. The molecular weight excluding hydrogens is 352 g/mol. The Morgan fingerprint density at radius 3 is 2.31 bits per heavy atom. The van der Waals surface area contributed by atoms with Gasteiger partial charge < -0.3 is 5.32 Å². The van der Waals surface area contributed by atoms with Crippen molar-refractivity contribution in [1.82, 2.24) is 0 Å². The van der Waals surface area contributed by atoms with Gasteiger partial charge in [-0.15, -0.1) is 0 Å². The number of non-ortho nitro benzene ring substituents is 1. The number of anilines is 1. The van der Waals surface area contributed by atoms with Crippen LogP contribution in [0.25, 0.3) is 0 Å². The lowest BCUT2D eigenvalue weighted by Gasteiger charge is -2.11. The van der Waals surface area contributed by atoms with Gasteiger partial charge in [-0.25, -0.2) is 8.42 Å². The first-order valence-electron chi connectivity index (χ1n) is 8.70. The first kappa shape index (κ1) is 19.9. The van der Waals surface area contributed by atoms with Gasteiger partial charge in [-0.3, -0.25) is 10.1 Å². The van der Waals surface area contributed by atoms with E-state index < -0.39 is 14.8 Å². The predicted molar refractivity (Wildman–Crippen MR) is 102 cm³/mol. The Labute approximate surface area is 154 Å². The SMILES string of the molecule is CCCCCCNc1ccc(S(=O)(=O)c2ccc([N+](=O)[O-])cc2)c(C)c1. The lowest BCUT2D eigenvalue weighted by molar-refractivity contribution is -0.384. The Morgan fingerprint density at radius 1 is 1.04 bits per heavy atom. The van der Waals surface area contributed by atoms with E-state index in [9.17, 15) is 18.5 Å². The number of benzene rings is 2. The van der Waals surface area contributed by atoms with Crippen molar-refractivity contribution in [3.8, 4) is 0 Å². The average Bonchev–Trinajstić information content (AvgIpc) is 2.61. The molecular formula is C19H24N2O4S. The number of aryl methyl sites for hydroxylation is 1. The molecule has 0 radical (unpaired) electrons. The Hall–Kier alpha value is -2.41. The van der Waals surface area contributed by atoms with Gasteiger partial charge in [-0.1, -0.05) is 26.2 Å². The van der Waals surface area contributed by atoms with E-state index in [1.54, 1.807) is 19.1 Å². The molecule has 0 bridgehead atoms. The van der Waals surface area contributed by atoms with Crippen LogP contribution >= 0.6 is 0 Å². The number of nitro groups is 1. The quantitative estimate of drug-likeness (QED) is 0.388. The molecule has 0 amide bonds. The van der Waals surface area contributed by atoms with Crippen molar-refractivity contribution < 1.29 is 13.3 Å². The van der Waals surface area contributed by atoms with Crippen molar-refractivity contribution in [2.75, 3.05) is 11.9 Å². The van der Waals surface area contributed by atoms with Crippen LogP contribution in [0.4, 0.5) is 11.4 Å². The minimum atomic E-state index is -3.71. The molecule has 0 aromatic heterocycles. The summed E-state index contributed by atoms with van der Waals surface area (Å²) in [7, 11) is -3.71. The van der Waals surface area contributed by atoms with Gasteiger partial charge in [0, 0.05) is 24.4 Å². The minimum Gasteiger partial charge on any atom is -0.385 e. The number of unbranched alkanes of at least 4 members (excludes halogenated alkanes) is 3. The van der Waals surface area contributed by atoms with E-state index >= 15 is 0 Å². The van der Waals surface area contributed by atoms with E-state index in [2.05, 4.69) is 12.2 Å². The van der Waals surface area contributed by atoms with E-state index in [1.807, 2.05) is 6.07 Å². The number of nitrogens with one attached hydrogen (secondary N) is 1. The number of rotatable bonds is 9. The second-order valence-electron chi connectivity index (χ2n) is 6.22. The highest BCUT2D eigenvalue weighted by atomic mass is 32.2. The molecule has 2 rings (SSSR count). The molecule has 26 heavy (non-hydrogen) atoms. The molecule has 1 N–H and O–H groups in total. The van der Waals surface area contributed by atoms with Crippen LogP contribution in [0.15, 0.2) is 52.3 Å². The Balaban J connectivity index is 2.15. The lowest BCUT2D eigenvalue weighted by atomic mass is 10.2. The monoisotopic (exact) mass is 376 g/mol. The lowest BCUT2D eigenvalue weighted by Crippen LogP contribution is -2.06. The van der Waals surface area contributed by atoms with E-state index in [0.29, 0.717) is 5.56 Å². The van der Waals surface area contributed by atoms with Crippen LogP contribution in [0.2, 0.25) is 0 Å². The fourth-order valence-corrected chi connectivity index (χ4v) is 4.20. The van der Waals surface area contributed by atoms with E-state index in [0.717, 1.165) is 18.7 Å². The molecule has 0 aliphatic rings. The van der Waals surface area contributed by atoms with E-state index in [4.69, 9.17) is 0 Å². The number of sulfone groups is 1. The standard InChI is InChI=1S/C19H24N2O4S/c1-3-4-5-6-13-20-16-7-12-19(15(2)14-16)26(24,25)18-10-8-17(9-11-18)21(22)23/h7-12,14,20H,3-6,13H2,1-2H3. The summed E-state index contributed by atoms with van der Waals surface area (Å²) in [6.45, 7) is 4.77. The molecule has 0 atom stereocenters. The van der Waals surface area contributed by atoms with Gasteiger partial charge in [0.1, 0.15) is 0 Å². The molecule has 140 valence electrons.